The van der Waals surface area contributed by atoms with Gasteiger partial charge in [-0.2, -0.15) is 0 Å². The van der Waals surface area contributed by atoms with Gasteiger partial charge in [0.25, 0.3) is 0 Å². The molecule has 0 aromatic rings. The van der Waals surface area contributed by atoms with Gasteiger partial charge in [0, 0.05) is 12.5 Å². The molecule has 4 heteroatoms. The molecule has 0 radical (unpaired) electrons. The van der Waals surface area contributed by atoms with E-state index in [4.69, 9.17) is 4.74 Å². The number of Topliss-reactive ketones (excluding diaryl/α,β-unsaturated/α-hetero) is 1. The molecule has 0 aromatic heterocycles. The Morgan fingerprint density at radius 3 is 2.32 bits per heavy atom. The van der Waals surface area contributed by atoms with Crippen LogP contribution in [0.25, 0.3) is 0 Å². The Balaban J connectivity index is 2.24. The van der Waals surface area contributed by atoms with Gasteiger partial charge >= 0.3 is 5.97 Å². The number of likely N-dealkylation sites (N-methyl/N-ethyl adjacent to an activating group) is 1. The lowest BCUT2D eigenvalue weighted by Crippen LogP contribution is -2.35. The lowest BCUT2D eigenvalue weighted by molar-refractivity contribution is -0.144. The molecule has 1 aliphatic carbocycles. The van der Waals surface area contributed by atoms with Gasteiger partial charge < -0.3 is 4.74 Å². The zero-order chi connectivity index (χ0) is 14.1. The molecule has 0 bridgehead atoms. The van der Waals surface area contributed by atoms with Crippen LogP contribution in [0.1, 0.15) is 58.3 Å². The van der Waals surface area contributed by atoms with Crippen LogP contribution >= 0.6 is 0 Å². The molecule has 1 aliphatic rings. The summed E-state index contributed by atoms with van der Waals surface area (Å²) in [5.74, 6) is -0.132. The van der Waals surface area contributed by atoms with E-state index in [0.29, 0.717) is 25.6 Å². The smallest absolute Gasteiger partial charge is 0.306 e. The van der Waals surface area contributed by atoms with E-state index < -0.39 is 0 Å². The molecule has 110 valence electrons. The third kappa shape index (κ3) is 6.71. The Hall–Kier alpha value is -0.900. The Kier molecular flexibility index (Phi) is 7.72. The number of hydrogen-bond acceptors (Lipinski definition) is 4. The van der Waals surface area contributed by atoms with Crippen molar-refractivity contribution in [2.45, 2.75) is 64.3 Å². The van der Waals surface area contributed by atoms with Crippen molar-refractivity contribution < 1.29 is 14.3 Å². The summed E-state index contributed by atoms with van der Waals surface area (Å²) in [5.41, 5.74) is 0. The topological polar surface area (TPSA) is 46.6 Å². The summed E-state index contributed by atoms with van der Waals surface area (Å²) in [6.07, 6.45) is 8.09. The first-order valence-corrected chi connectivity index (χ1v) is 7.51. The van der Waals surface area contributed by atoms with E-state index in [1.54, 1.807) is 6.92 Å². The minimum absolute atomic E-state index is 0.139. The number of hydrogen-bond donors (Lipinski definition) is 0. The van der Waals surface area contributed by atoms with E-state index in [1.165, 1.54) is 38.5 Å². The third-order valence-corrected chi connectivity index (χ3v) is 3.79. The van der Waals surface area contributed by atoms with Crippen molar-refractivity contribution in [2.75, 3.05) is 20.2 Å². The second-order valence-electron chi connectivity index (χ2n) is 5.40. The molecule has 0 atom stereocenters. The Bertz CT molecular complexity index is 283. The summed E-state index contributed by atoms with van der Waals surface area (Å²) in [7, 11) is 2.03. The molecule has 0 saturated heterocycles. The fourth-order valence-electron chi connectivity index (χ4n) is 2.66. The highest BCUT2D eigenvalue weighted by Crippen LogP contribution is 2.20. The molecule has 0 aliphatic heterocycles. The van der Waals surface area contributed by atoms with E-state index in [-0.39, 0.29) is 18.2 Å². The van der Waals surface area contributed by atoms with Crippen LogP contribution in [0.3, 0.4) is 0 Å². The van der Waals surface area contributed by atoms with Gasteiger partial charge in [-0.25, -0.2) is 0 Å². The highest BCUT2D eigenvalue weighted by Gasteiger charge is 2.19. The highest BCUT2D eigenvalue weighted by molar-refractivity contribution is 5.84. The third-order valence-electron chi connectivity index (χ3n) is 3.79. The van der Waals surface area contributed by atoms with Gasteiger partial charge in [-0.3, -0.25) is 14.5 Å². The number of esters is 1. The van der Waals surface area contributed by atoms with Crippen molar-refractivity contribution in [3.8, 4) is 0 Å². The molecule has 4 nitrogen and oxygen atoms in total. The molecular weight excluding hydrogens is 242 g/mol. The van der Waals surface area contributed by atoms with Crippen LogP contribution in [0.4, 0.5) is 0 Å². The van der Waals surface area contributed by atoms with Crippen LogP contribution in [0.2, 0.25) is 0 Å². The van der Waals surface area contributed by atoms with Gasteiger partial charge in [-0.15, -0.1) is 0 Å². The van der Waals surface area contributed by atoms with Crippen LogP contribution in [-0.4, -0.2) is 42.9 Å². The minimum Gasteiger partial charge on any atom is -0.466 e. The van der Waals surface area contributed by atoms with E-state index in [2.05, 4.69) is 4.90 Å². The van der Waals surface area contributed by atoms with Crippen molar-refractivity contribution in [1.29, 1.82) is 0 Å². The molecule has 1 rings (SSSR count). The van der Waals surface area contributed by atoms with Crippen molar-refractivity contribution in [3.63, 3.8) is 0 Å². The Labute approximate surface area is 116 Å². The summed E-state index contributed by atoms with van der Waals surface area (Å²) in [6, 6.07) is 0.536. The highest BCUT2D eigenvalue weighted by atomic mass is 16.5. The molecule has 19 heavy (non-hydrogen) atoms. The number of carbonyl (C=O) groups is 2. The van der Waals surface area contributed by atoms with Crippen molar-refractivity contribution in [3.05, 3.63) is 0 Å². The summed E-state index contributed by atoms with van der Waals surface area (Å²) < 4.78 is 4.83. The molecule has 0 spiro atoms. The van der Waals surface area contributed by atoms with Gasteiger partial charge in [0.05, 0.1) is 19.6 Å². The SMILES string of the molecule is CCOC(=O)CCC(=O)CN(C)C1CCCCCC1. The van der Waals surface area contributed by atoms with E-state index >= 15 is 0 Å². The van der Waals surface area contributed by atoms with Gasteiger partial charge in [0.1, 0.15) is 5.78 Å². The molecule has 0 heterocycles. The van der Waals surface area contributed by atoms with Crippen LogP contribution in [0.15, 0.2) is 0 Å². The second-order valence-corrected chi connectivity index (χ2v) is 5.40. The molecule has 1 saturated carbocycles. The normalized spacial score (nSPS) is 17.2. The largest absolute Gasteiger partial charge is 0.466 e. The zero-order valence-corrected chi connectivity index (χ0v) is 12.3. The summed E-state index contributed by atoms with van der Waals surface area (Å²) in [5, 5.41) is 0. The van der Waals surface area contributed by atoms with Crippen LogP contribution in [0, 0.1) is 0 Å². The minimum atomic E-state index is -0.270. The first-order valence-electron chi connectivity index (χ1n) is 7.51. The lowest BCUT2D eigenvalue weighted by atomic mass is 10.1. The monoisotopic (exact) mass is 269 g/mol. The maximum Gasteiger partial charge on any atom is 0.306 e. The average Bonchev–Trinajstić information content (AvgIpc) is 2.65. The number of ether oxygens (including phenoxy) is 1. The van der Waals surface area contributed by atoms with E-state index in [0.717, 1.165) is 0 Å². The molecular formula is C15H27NO3. The summed E-state index contributed by atoms with van der Waals surface area (Å²) in [6.45, 7) is 2.62. The number of nitrogens with zero attached hydrogens (tertiary/aromatic N) is 1. The second kappa shape index (κ2) is 9.08. The quantitative estimate of drug-likeness (QED) is 0.526. The lowest BCUT2D eigenvalue weighted by Gasteiger charge is -2.26. The van der Waals surface area contributed by atoms with Gasteiger partial charge in [-0.1, -0.05) is 25.7 Å². The average molecular weight is 269 g/mol. The number of carbonyl (C=O) groups excluding carboxylic acids is 2. The first-order chi connectivity index (χ1) is 9.13. The fraction of sp³-hybridized carbons (Fsp3) is 0.867. The number of rotatable bonds is 7. The predicted molar refractivity (Wildman–Crippen MR) is 75.0 cm³/mol. The van der Waals surface area contributed by atoms with Crippen molar-refractivity contribution in [2.24, 2.45) is 0 Å². The fourth-order valence-corrected chi connectivity index (χ4v) is 2.66. The van der Waals surface area contributed by atoms with Gasteiger partial charge in [0.2, 0.25) is 0 Å². The van der Waals surface area contributed by atoms with Crippen LogP contribution in [0.5, 0.6) is 0 Å². The molecule has 0 aromatic carbocycles. The zero-order valence-electron chi connectivity index (χ0n) is 12.3. The van der Waals surface area contributed by atoms with Gasteiger partial charge in [-0.05, 0) is 26.8 Å². The maximum atomic E-state index is 11.8. The molecule has 0 amide bonds. The van der Waals surface area contributed by atoms with Crippen LogP contribution < -0.4 is 0 Å². The van der Waals surface area contributed by atoms with Crippen molar-refractivity contribution in [1.82, 2.24) is 4.90 Å². The summed E-state index contributed by atoms with van der Waals surface area (Å²) >= 11 is 0. The molecule has 0 N–H and O–H groups in total. The maximum absolute atomic E-state index is 11.8. The van der Waals surface area contributed by atoms with Crippen LogP contribution in [-0.2, 0) is 14.3 Å². The predicted octanol–water partition coefficient (Wildman–Crippen LogP) is 2.55. The first kappa shape index (κ1) is 16.2. The molecule has 0 unspecified atom stereocenters. The van der Waals surface area contributed by atoms with Crippen molar-refractivity contribution >= 4 is 11.8 Å². The Morgan fingerprint density at radius 1 is 1.11 bits per heavy atom. The van der Waals surface area contributed by atoms with Gasteiger partial charge in [0.15, 0.2) is 0 Å². The number of ketones is 1. The summed E-state index contributed by atoms with van der Waals surface area (Å²) in [4.78, 5) is 25.2. The van der Waals surface area contributed by atoms with E-state index in [1.807, 2.05) is 7.05 Å². The Morgan fingerprint density at radius 2 is 1.74 bits per heavy atom. The standard InChI is InChI=1S/C15H27NO3/c1-3-19-15(18)11-10-14(17)12-16(2)13-8-6-4-5-7-9-13/h13H,3-12H2,1-2H3. The molecule has 1 fully saturated rings. The van der Waals surface area contributed by atoms with E-state index in [9.17, 15) is 9.59 Å².